The van der Waals surface area contributed by atoms with E-state index in [0.29, 0.717) is 0 Å². The van der Waals surface area contributed by atoms with Gasteiger partial charge in [-0.3, -0.25) is 0 Å². The molecule has 43 heavy (non-hydrogen) atoms. The van der Waals surface area contributed by atoms with Crippen LogP contribution in [0.25, 0.3) is 44.5 Å². The van der Waals surface area contributed by atoms with Gasteiger partial charge < -0.3 is 4.90 Å². The normalized spacial score (nSPS) is 10.8. The summed E-state index contributed by atoms with van der Waals surface area (Å²) in [4.78, 5) is 2.33. The lowest BCUT2D eigenvalue weighted by molar-refractivity contribution is 1.28. The van der Waals surface area contributed by atoms with Crippen molar-refractivity contribution >= 4 is 17.1 Å². The number of rotatable bonds is 7. The van der Waals surface area contributed by atoms with Crippen molar-refractivity contribution in [2.45, 2.75) is 0 Å². The maximum absolute atomic E-state index is 2.33. The molecule has 0 aliphatic heterocycles. The van der Waals surface area contributed by atoms with Crippen LogP contribution in [0.4, 0.5) is 17.1 Å². The molecule has 0 atom stereocenters. The summed E-state index contributed by atoms with van der Waals surface area (Å²) in [6, 6.07) is 66.9. The van der Waals surface area contributed by atoms with Gasteiger partial charge in [0.2, 0.25) is 0 Å². The molecule has 0 aromatic heterocycles. The molecule has 0 saturated carbocycles. The lowest BCUT2D eigenvalue weighted by Crippen LogP contribution is -2.09. The highest BCUT2D eigenvalue weighted by Gasteiger charge is 2.14. The molecule has 0 radical (unpaired) electrons. The van der Waals surface area contributed by atoms with E-state index in [0.717, 1.165) is 17.1 Å². The van der Waals surface area contributed by atoms with Gasteiger partial charge in [-0.05, 0) is 80.9 Å². The summed E-state index contributed by atoms with van der Waals surface area (Å²) in [6.45, 7) is 0. The summed E-state index contributed by atoms with van der Waals surface area (Å²) in [7, 11) is 0. The molecule has 0 saturated heterocycles. The summed E-state index contributed by atoms with van der Waals surface area (Å²) in [5.41, 5.74) is 13.1. The Bertz CT molecular complexity index is 1830. The van der Waals surface area contributed by atoms with Crippen molar-refractivity contribution in [1.82, 2.24) is 0 Å². The molecule has 1 nitrogen and oxygen atoms in total. The number of hydrogen-bond acceptors (Lipinski definition) is 1. The Morgan fingerprint density at radius 3 is 0.837 bits per heavy atom. The van der Waals surface area contributed by atoms with Gasteiger partial charge in [0.15, 0.2) is 0 Å². The first kappa shape index (κ1) is 26.3. The van der Waals surface area contributed by atoms with Gasteiger partial charge in [-0.1, -0.05) is 152 Å². The first-order chi connectivity index (χ1) is 21.3. The highest BCUT2D eigenvalue weighted by atomic mass is 15.1. The SMILES string of the molecule is c1ccc(-c2ccc(N(c3ccc(-c4ccccc4)cc3)c3ccc(-c4ccccc4-c4ccccc4)cc3)cc2)cc1. The van der Waals surface area contributed by atoms with Crippen molar-refractivity contribution < 1.29 is 0 Å². The Morgan fingerprint density at radius 2 is 0.465 bits per heavy atom. The van der Waals surface area contributed by atoms with E-state index in [4.69, 9.17) is 0 Å². The number of nitrogens with zero attached hydrogens (tertiary/aromatic N) is 1. The maximum atomic E-state index is 2.33. The van der Waals surface area contributed by atoms with E-state index < -0.39 is 0 Å². The van der Waals surface area contributed by atoms with Crippen LogP contribution >= 0.6 is 0 Å². The molecule has 7 aromatic rings. The van der Waals surface area contributed by atoms with E-state index in [2.05, 4.69) is 193 Å². The van der Waals surface area contributed by atoms with Gasteiger partial charge >= 0.3 is 0 Å². The second-order valence-electron chi connectivity index (χ2n) is 10.6. The van der Waals surface area contributed by atoms with Crippen molar-refractivity contribution in [1.29, 1.82) is 0 Å². The monoisotopic (exact) mass is 549 g/mol. The first-order valence-corrected chi connectivity index (χ1v) is 14.7. The van der Waals surface area contributed by atoms with Crippen LogP contribution in [0.2, 0.25) is 0 Å². The largest absolute Gasteiger partial charge is 0.311 e. The van der Waals surface area contributed by atoms with E-state index in [-0.39, 0.29) is 0 Å². The predicted molar refractivity (Wildman–Crippen MR) is 183 cm³/mol. The van der Waals surface area contributed by atoms with E-state index >= 15 is 0 Å². The standard InChI is InChI=1S/C42H31N/c1-4-12-32(13-5-1)34-20-26-38(27-21-34)43(39-28-22-35(23-29-39)33-14-6-2-7-15-33)40-30-24-37(25-31-40)42-19-11-10-18-41(42)36-16-8-3-9-17-36/h1-31H. The highest BCUT2D eigenvalue weighted by Crippen LogP contribution is 2.39. The third kappa shape index (κ3) is 5.62. The fourth-order valence-electron chi connectivity index (χ4n) is 5.71. The van der Waals surface area contributed by atoms with Crippen LogP contribution in [0, 0.1) is 0 Å². The molecule has 0 amide bonds. The van der Waals surface area contributed by atoms with Crippen LogP contribution in [0.1, 0.15) is 0 Å². The van der Waals surface area contributed by atoms with E-state index in [1.165, 1.54) is 44.5 Å². The molecule has 0 spiro atoms. The van der Waals surface area contributed by atoms with Crippen LogP contribution in [-0.2, 0) is 0 Å². The fraction of sp³-hybridized carbons (Fsp3) is 0. The van der Waals surface area contributed by atoms with E-state index in [1.807, 2.05) is 0 Å². The van der Waals surface area contributed by atoms with Crippen LogP contribution in [0.5, 0.6) is 0 Å². The lowest BCUT2D eigenvalue weighted by atomic mass is 9.94. The van der Waals surface area contributed by atoms with Crippen molar-refractivity contribution in [2.24, 2.45) is 0 Å². The topological polar surface area (TPSA) is 3.24 Å². The molecule has 0 heterocycles. The highest BCUT2D eigenvalue weighted by molar-refractivity contribution is 5.85. The molecular weight excluding hydrogens is 518 g/mol. The van der Waals surface area contributed by atoms with Crippen LogP contribution in [-0.4, -0.2) is 0 Å². The minimum Gasteiger partial charge on any atom is -0.311 e. The Labute approximate surface area is 254 Å². The Hall–Kier alpha value is -5.66. The summed E-state index contributed by atoms with van der Waals surface area (Å²) >= 11 is 0. The maximum Gasteiger partial charge on any atom is 0.0462 e. The third-order valence-corrected chi connectivity index (χ3v) is 7.91. The average molecular weight is 550 g/mol. The molecule has 0 aliphatic rings. The van der Waals surface area contributed by atoms with Gasteiger partial charge in [0.05, 0.1) is 0 Å². The average Bonchev–Trinajstić information content (AvgIpc) is 3.10. The molecule has 7 rings (SSSR count). The second-order valence-corrected chi connectivity index (χ2v) is 10.6. The first-order valence-electron chi connectivity index (χ1n) is 14.7. The lowest BCUT2D eigenvalue weighted by Gasteiger charge is -2.26. The number of benzene rings is 7. The summed E-state index contributed by atoms with van der Waals surface area (Å²) in [5.74, 6) is 0. The van der Waals surface area contributed by atoms with Gasteiger partial charge in [0, 0.05) is 17.1 Å². The molecule has 7 aromatic carbocycles. The fourth-order valence-corrected chi connectivity index (χ4v) is 5.71. The molecule has 0 bridgehead atoms. The van der Waals surface area contributed by atoms with Crippen molar-refractivity contribution in [3.63, 3.8) is 0 Å². The Kier molecular flexibility index (Phi) is 7.36. The Morgan fingerprint density at radius 1 is 0.209 bits per heavy atom. The van der Waals surface area contributed by atoms with Gasteiger partial charge in [0.25, 0.3) is 0 Å². The summed E-state index contributed by atoms with van der Waals surface area (Å²) in [6.07, 6.45) is 0. The van der Waals surface area contributed by atoms with Gasteiger partial charge in [-0.15, -0.1) is 0 Å². The smallest absolute Gasteiger partial charge is 0.0462 e. The van der Waals surface area contributed by atoms with Gasteiger partial charge in [-0.2, -0.15) is 0 Å². The molecule has 0 aliphatic carbocycles. The van der Waals surface area contributed by atoms with Crippen LogP contribution in [0.3, 0.4) is 0 Å². The van der Waals surface area contributed by atoms with Crippen LogP contribution in [0.15, 0.2) is 188 Å². The molecular formula is C42H31N. The molecule has 0 N–H and O–H groups in total. The predicted octanol–water partition coefficient (Wildman–Crippen LogP) is 11.8. The molecule has 1 heteroatoms. The Balaban J connectivity index is 1.27. The summed E-state index contributed by atoms with van der Waals surface area (Å²) in [5, 5.41) is 0. The third-order valence-electron chi connectivity index (χ3n) is 7.91. The minimum absolute atomic E-state index is 1.11. The summed E-state index contributed by atoms with van der Waals surface area (Å²) < 4.78 is 0. The van der Waals surface area contributed by atoms with Crippen molar-refractivity contribution in [3.05, 3.63) is 188 Å². The number of anilines is 3. The van der Waals surface area contributed by atoms with Crippen LogP contribution < -0.4 is 4.90 Å². The second kappa shape index (κ2) is 12.1. The van der Waals surface area contributed by atoms with E-state index in [9.17, 15) is 0 Å². The van der Waals surface area contributed by atoms with Crippen molar-refractivity contribution in [2.75, 3.05) is 4.90 Å². The van der Waals surface area contributed by atoms with Crippen molar-refractivity contribution in [3.8, 4) is 44.5 Å². The number of hydrogen-bond donors (Lipinski definition) is 0. The zero-order valence-electron chi connectivity index (χ0n) is 23.8. The van der Waals surface area contributed by atoms with E-state index in [1.54, 1.807) is 0 Å². The minimum atomic E-state index is 1.11. The molecule has 0 fully saturated rings. The zero-order valence-corrected chi connectivity index (χ0v) is 23.8. The molecule has 0 unspecified atom stereocenters. The van der Waals surface area contributed by atoms with Gasteiger partial charge in [0.1, 0.15) is 0 Å². The quantitative estimate of drug-likeness (QED) is 0.191. The van der Waals surface area contributed by atoms with Gasteiger partial charge in [-0.25, -0.2) is 0 Å². The molecule has 204 valence electrons. The zero-order chi connectivity index (χ0) is 28.8.